The highest BCUT2D eigenvalue weighted by molar-refractivity contribution is 6.10. The molecule has 4 rings (SSSR count). The molecule has 2 saturated heterocycles. The van der Waals surface area contributed by atoms with E-state index in [1.807, 2.05) is 0 Å². The topological polar surface area (TPSA) is 37.3 Å². The normalized spacial score (nSPS) is 27.3. The fourth-order valence-corrected chi connectivity index (χ4v) is 5.01. The summed E-state index contributed by atoms with van der Waals surface area (Å²) in [6.45, 7) is 14.8. The van der Waals surface area contributed by atoms with E-state index in [-0.39, 0.29) is 5.60 Å². The molecule has 2 bridgehead atoms. The van der Waals surface area contributed by atoms with Gasteiger partial charge in [-0.15, -0.1) is 0 Å². The van der Waals surface area contributed by atoms with Crippen LogP contribution in [-0.4, -0.2) is 62.2 Å². The molecular formula is C26H41N3O2. The van der Waals surface area contributed by atoms with Gasteiger partial charge in [0, 0.05) is 32.2 Å². The third-order valence-electron chi connectivity index (χ3n) is 6.88. The minimum Gasteiger partial charge on any atom is -0.395 e. The van der Waals surface area contributed by atoms with Crippen LogP contribution in [0, 0.1) is 5.92 Å². The minimum atomic E-state index is -0.396. The van der Waals surface area contributed by atoms with Gasteiger partial charge in [-0.1, -0.05) is 31.1 Å². The van der Waals surface area contributed by atoms with Gasteiger partial charge in [-0.05, 0) is 82.5 Å². The Morgan fingerprint density at radius 2 is 1.81 bits per heavy atom. The monoisotopic (exact) mass is 427 g/mol. The summed E-state index contributed by atoms with van der Waals surface area (Å²) in [4.78, 5) is 10.4. The number of nitrogens with zero attached hydrogens (tertiary/aromatic N) is 3. The molecule has 2 heterocycles. The average molecular weight is 428 g/mol. The van der Waals surface area contributed by atoms with E-state index < -0.39 is 5.60 Å². The van der Waals surface area contributed by atoms with Crippen molar-refractivity contribution in [2.75, 3.05) is 45.2 Å². The van der Waals surface area contributed by atoms with Crippen LogP contribution in [0.4, 0.5) is 5.69 Å². The number of hydrogen-bond donors (Lipinski definition) is 0. The van der Waals surface area contributed by atoms with Crippen molar-refractivity contribution in [3.05, 3.63) is 35.4 Å². The minimum absolute atomic E-state index is 0.204. The van der Waals surface area contributed by atoms with E-state index in [0.29, 0.717) is 12.5 Å². The standard InChI is InChI=1S/C26H41N3O2/c1-8-29(9-2)17-10-18-30-27-24-22(19-20-11-13-21(14-12-20)28(6)7)23-15-16-26(24,5)31-25(23,3)4/h11-14,19,23H,8-10,15-18H2,1-7H3/b22-19+,27-24-. The zero-order valence-electron chi connectivity index (χ0n) is 20.6. The third kappa shape index (κ3) is 5.32. The Morgan fingerprint density at radius 1 is 1.13 bits per heavy atom. The summed E-state index contributed by atoms with van der Waals surface area (Å²) in [5.74, 6) is 0.320. The molecule has 0 aromatic heterocycles. The molecule has 2 aliphatic heterocycles. The van der Waals surface area contributed by atoms with Gasteiger partial charge in [-0.25, -0.2) is 0 Å². The van der Waals surface area contributed by atoms with Gasteiger partial charge in [-0.2, -0.15) is 0 Å². The molecule has 0 spiro atoms. The van der Waals surface area contributed by atoms with Crippen LogP contribution in [0.1, 0.15) is 59.4 Å². The van der Waals surface area contributed by atoms with E-state index >= 15 is 0 Å². The van der Waals surface area contributed by atoms with Crippen LogP contribution in [0.3, 0.4) is 0 Å². The molecule has 3 fully saturated rings. The second-order valence-electron chi connectivity index (χ2n) is 9.77. The lowest BCUT2D eigenvalue weighted by molar-refractivity contribution is -0.165. The summed E-state index contributed by atoms with van der Waals surface area (Å²) in [6, 6.07) is 8.70. The van der Waals surface area contributed by atoms with Crippen LogP contribution in [0.2, 0.25) is 0 Å². The highest BCUT2D eigenvalue weighted by atomic mass is 16.6. The first-order valence-electron chi connectivity index (χ1n) is 11.8. The van der Waals surface area contributed by atoms with Crippen LogP contribution in [0.15, 0.2) is 35.0 Å². The second-order valence-corrected chi connectivity index (χ2v) is 9.77. The van der Waals surface area contributed by atoms with Gasteiger partial charge >= 0.3 is 0 Å². The highest BCUT2D eigenvalue weighted by Crippen LogP contribution is 2.51. The van der Waals surface area contributed by atoms with Crippen molar-refractivity contribution in [1.82, 2.24) is 4.90 Å². The van der Waals surface area contributed by atoms with Gasteiger partial charge in [0.15, 0.2) is 0 Å². The molecule has 0 N–H and O–H groups in total. The van der Waals surface area contributed by atoms with Crippen molar-refractivity contribution in [3.63, 3.8) is 0 Å². The molecule has 5 heteroatoms. The van der Waals surface area contributed by atoms with Gasteiger partial charge in [0.2, 0.25) is 0 Å². The molecule has 31 heavy (non-hydrogen) atoms. The predicted octanol–water partition coefficient (Wildman–Crippen LogP) is 5.22. The Labute approximate surface area is 189 Å². The molecule has 1 saturated carbocycles. The Kier molecular flexibility index (Phi) is 7.48. The fourth-order valence-electron chi connectivity index (χ4n) is 5.01. The maximum absolute atomic E-state index is 6.55. The highest BCUT2D eigenvalue weighted by Gasteiger charge is 2.55. The first-order valence-corrected chi connectivity index (χ1v) is 11.8. The van der Waals surface area contributed by atoms with E-state index in [9.17, 15) is 0 Å². The van der Waals surface area contributed by atoms with E-state index in [4.69, 9.17) is 9.57 Å². The van der Waals surface area contributed by atoms with Crippen LogP contribution >= 0.6 is 0 Å². The second kappa shape index (κ2) is 9.74. The van der Waals surface area contributed by atoms with Crippen LogP contribution < -0.4 is 4.90 Å². The lowest BCUT2D eigenvalue weighted by Crippen LogP contribution is -2.60. The van der Waals surface area contributed by atoms with Gasteiger partial charge in [0.05, 0.1) is 5.60 Å². The molecule has 1 aromatic rings. The maximum Gasteiger partial charge on any atom is 0.118 e. The lowest BCUT2D eigenvalue weighted by Gasteiger charge is -2.55. The number of fused-ring (bicyclic) bond motifs is 3. The SMILES string of the molecule is CCN(CC)CCCO/N=C1/C(=C/c2ccc(N(C)C)cc2)C2CCC1(C)OC2(C)C. The third-order valence-corrected chi connectivity index (χ3v) is 6.88. The first kappa shape index (κ1) is 23.8. The van der Waals surface area contributed by atoms with Crippen molar-refractivity contribution < 1.29 is 9.57 Å². The summed E-state index contributed by atoms with van der Waals surface area (Å²) in [7, 11) is 4.13. The zero-order chi connectivity index (χ0) is 22.6. The van der Waals surface area contributed by atoms with E-state index in [2.05, 4.69) is 94.0 Å². The van der Waals surface area contributed by atoms with Crippen molar-refractivity contribution in [3.8, 4) is 0 Å². The van der Waals surface area contributed by atoms with Gasteiger partial charge < -0.3 is 19.4 Å². The van der Waals surface area contributed by atoms with Crippen molar-refractivity contribution in [1.29, 1.82) is 0 Å². The molecule has 2 atom stereocenters. The van der Waals surface area contributed by atoms with E-state index in [1.54, 1.807) is 0 Å². The Balaban J connectivity index is 1.82. The predicted molar refractivity (Wildman–Crippen MR) is 131 cm³/mol. The number of ether oxygens (including phenoxy) is 1. The summed E-state index contributed by atoms with van der Waals surface area (Å²) < 4.78 is 6.55. The molecular weight excluding hydrogens is 386 g/mol. The largest absolute Gasteiger partial charge is 0.395 e. The Bertz CT molecular complexity index is 793. The van der Waals surface area contributed by atoms with Crippen LogP contribution in [0.25, 0.3) is 6.08 Å². The molecule has 172 valence electrons. The molecule has 3 aliphatic rings. The fraction of sp³-hybridized carbons (Fsp3) is 0.654. The first-order chi connectivity index (χ1) is 14.7. The number of rotatable bonds is 9. The number of hydrogen-bond acceptors (Lipinski definition) is 5. The van der Waals surface area contributed by atoms with Gasteiger partial charge in [0.25, 0.3) is 0 Å². The molecule has 1 aliphatic carbocycles. The summed E-state index contributed by atoms with van der Waals surface area (Å²) >= 11 is 0. The molecule has 2 unspecified atom stereocenters. The Hall–Kier alpha value is -1.85. The quantitative estimate of drug-likeness (QED) is 0.400. The van der Waals surface area contributed by atoms with Crippen molar-refractivity contribution in [2.45, 2.75) is 65.1 Å². The summed E-state index contributed by atoms with van der Waals surface area (Å²) in [6.07, 6.45) is 5.38. The van der Waals surface area contributed by atoms with Gasteiger partial charge in [0.1, 0.15) is 17.9 Å². The summed E-state index contributed by atoms with van der Waals surface area (Å²) in [5, 5.41) is 4.67. The van der Waals surface area contributed by atoms with Crippen molar-refractivity contribution >= 4 is 17.5 Å². The number of benzene rings is 1. The number of oxime groups is 1. The zero-order valence-corrected chi connectivity index (χ0v) is 20.6. The van der Waals surface area contributed by atoms with E-state index in [0.717, 1.165) is 44.6 Å². The Morgan fingerprint density at radius 3 is 2.39 bits per heavy atom. The lowest BCUT2D eigenvalue weighted by atomic mass is 9.64. The van der Waals surface area contributed by atoms with Crippen LogP contribution in [0.5, 0.6) is 0 Å². The molecule has 0 radical (unpaired) electrons. The number of anilines is 1. The molecule has 5 nitrogen and oxygen atoms in total. The van der Waals surface area contributed by atoms with Gasteiger partial charge in [-0.3, -0.25) is 0 Å². The summed E-state index contributed by atoms with van der Waals surface area (Å²) in [5.41, 5.74) is 4.04. The molecule has 1 aromatic carbocycles. The average Bonchev–Trinajstić information content (AvgIpc) is 2.71. The smallest absolute Gasteiger partial charge is 0.118 e. The van der Waals surface area contributed by atoms with E-state index in [1.165, 1.54) is 16.8 Å². The van der Waals surface area contributed by atoms with Crippen LogP contribution in [-0.2, 0) is 9.57 Å². The molecule has 0 amide bonds. The maximum atomic E-state index is 6.55. The van der Waals surface area contributed by atoms with Crippen molar-refractivity contribution in [2.24, 2.45) is 11.1 Å².